The van der Waals surface area contributed by atoms with Crippen LogP contribution in [0.15, 0.2) is 79.0 Å². The summed E-state index contributed by atoms with van der Waals surface area (Å²) in [6.45, 7) is 2.51. The number of hydrogen-bond acceptors (Lipinski definition) is 5. The van der Waals surface area contributed by atoms with E-state index in [9.17, 15) is 4.79 Å². The summed E-state index contributed by atoms with van der Waals surface area (Å²) >= 11 is 0. The van der Waals surface area contributed by atoms with Gasteiger partial charge in [-0.05, 0) is 86.3 Å². The quantitative estimate of drug-likeness (QED) is 0.262. The predicted octanol–water partition coefficient (Wildman–Crippen LogP) is 6.38. The number of hydrogen-bond donors (Lipinski definition) is 0. The summed E-state index contributed by atoms with van der Waals surface area (Å²) in [6, 6.07) is 24.7. The molecule has 0 unspecified atom stereocenters. The number of nitrogens with zero attached hydrogens (tertiary/aromatic N) is 4. The third-order valence-electron chi connectivity index (χ3n) is 9.37. The van der Waals surface area contributed by atoms with E-state index in [1.807, 2.05) is 46.1 Å². The van der Waals surface area contributed by atoms with Gasteiger partial charge in [0.2, 0.25) is 5.91 Å². The maximum Gasteiger partial charge on any atom is 0.238 e. The summed E-state index contributed by atoms with van der Waals surface area (Å²) in [7, 11) is 3.84. The highest BCUT2D eigenvalue weighted by Crippen LogP contribution is 2.56. The molecule has 1 saturated carbocycles. The number of benzene rings is 3. The van der Waals surface area contributed by atoms with Crippen LogP contribution < -0.4 is 14.4 Å². The van der Waals surface area contributed by atoms with Crippen LogP contribution in [0.1, 0.15) is 49.7 Å². The Balaban J connectivity index is 1.37. The molecule has 3 aromatic carbocycles. The van der Waals surface area contributed by atoms with Gasteiger partial charge in [-0.1, -0.05) is 43.2 Å². The number of amides is 1. The van der Waals surface area contributed by atoms with E-state index < -0.39 is 5.41 Å². The van der Waals surface area contributed by atoms with Gasteiger partial charge in [-0.15, -0.1) is 0 Å². The van der Waals surface area contributed by atoms with Crippen molar-refractivity contribution >= 4 is 11.6 Å². The lowest BCUT2D eigenvalue weighted by molar-refractivity contribution is -0.123. The first-order chi connectivity index (χ1) is 20.6. The molecule has 7 heteroatoms. The molecule has 0 N–H and O–H groups in total. The third-order valence-corrected chi connectivity index (χ3v) is 9.37. The van der Waals surface area contributed by atoms with Gasteiger partial charge in [-0.3, -0.25) is 4.79 Å². The predicted molar refractivity (Wildman–Crippen MR) is 164 cm³/mol. The largest absolute Gasteiger partial charge is 0.497 e. The smallest absolute Gasteiger partial charge is 0.238 e. The van der Waals surface area contributed by atoms with E-state index >= 15 is 0 Å². The van der Waals surface area contributed by atoms with Crippen LogP contribution in [0.5, 0.6) is 11.5 Å². The highest BCUT2D eigenvalue weighted by atomic mass is 16.5. The molecule has 42 heavy (non-hydrogen) atoms. The molecule has 7 nitrogen and oxygen atoms in total. The molecule has 0 radical (unpaired) electrons. The monoisotopic (exact) mass is 562 g/mol. The third kappa shape index (κ3) is 4.66. The number of methoxy groups -OCH3 is 1. The zero-order valence-electron chi connectivity index (χ0n) is 24.5. The van der Waals surface area contributed by atoms with Crippen molar-refractivity contribution in [3.05, 3.63) is 90.1 Å². The average Bonchev–Trinajstić information content (AvgIpc) is 3.77. The summed E-state index contributed by atoms with van der Waals surface area (Å²) in [5.74, 6) is 1.82. The van der Waals surface area contributed by atoms with Gasteiger partial charge in [0, 0.05) is 18.7 Å². The van der Waals surface area contributed by atoms with E-state index in [-0.39, 0.29) is 12.0 Å². The van der Waals surface area contributed by atoms with E-state index in [0.717, 1.165) is 96.9 Å². The van der Waals surface area contributed by atoms with Gasteiger partial charge in [0.05, 0.1) is 42.3 Å². The van der Waals surface area contributed by atoms with Crippen LogP contribution in [0.4, 0.5) is 5.69 Å². The molecule has 0 atom stereocenters. The molecule has 4 aromatic rings. The van der Waals surface area contributed by atoms with Crippen LogP contribution in [0.3, 0.4) is 0 Å². The molecule has 2 fully saturated rings. The Morgan fingerprint density at radius 1 is 0.952 bits per heavy atom. The number of anilines is 1. The van der Waals surface area contributed by atoms with Gasteiger partial charge in [0.1, 0.15) is 17.6 Å². The SMILES string of the molecule is COc1ccc(CN2C(=O)C3(CCCC3)c3cc(-c4ccnn4-c4ccccc4)cc(OC4CCN(C)CC4)c32)cc1. The second-order valence-corrected chi connectivity index (χ2v) is 12.0. The molecule has 216 valence electrons. The fraction of sp³-hybridized carbons (Fsp3) is 0.371. The Bertz CT molecular complexity index is 1570. The number of fused-ring (bicyclic) bond motifs is 2. The van der Waals surface area contributed by atoms with Gasteiger partial charge < -0.3 is 19.3 Å². The highest BCUT2D eigenvalue weighted by Gasteiger charge is 2.53. The first-order valence-corrected chi connectivity index (χ1v) is 15.1. The minimum absolute atomic E-state index is 0.109. The van der Waals surface area contributed by atoms with Crippen molar-refractivity contribution in [2.24, 2.45) is 0 Å². The molecule has 3 heterocycles. The fourth-order valence-corrected chi connectivity index (χ4v) is 7.07. The lowest BCUT2D eigenvalue weighted by Crippen LogP contribution is -2.38. The van der Waals surface area contributed by atoms with Crippen LogP contribution >= 0.6 is 0 Å². The van der Waals surface area contributed by atoms with Crippen molar-refractivity contribution in [2.75, 3.05) is 32.1 Å². The van der Waals surface area contributed by atoms with Gasteiger partial charge in [0.15, 0.2) is 0 Å². The van der Waals surface area contributed by atoms with Gasteiger partial charge >= 0.3 is 0 Å². The number of piperidine rings is 1. The summed E-state index contributed by atoms with van der Waals surface area (Å²) in [5, 5.41) is 4.68. The van der Waals surface area contributed by atoms with Crippen LogP contribution in [0.25, 0.3) is 16.9 Å². The number of carbonyl (C=O) groups is 1. The van der Waals surface area contributed by atoms with Crippen LogP contribution in [0, 0.1) is 0 Å². The molecular weight excluding hydrogens is 524 g/mol. The maximum atomic E-state index is 14.5. The minimum atomic E-state index is -0.514. The van der Waals surface area contributed by atoms with E-state index in [1.165, 1.54) is 0 Å². The number of ether oxygens (including phenoxy) is 2. The molecule has 1 aliphatic carbocycles. The Labute approximate surface area is 247 Å². The van der Waals surface area contributed by atoms with Crippen molar-refractivity contribution in [1.82, 2.24) is 14.7 Å². The maximum absolute atomic E-state index is 14.5. The molecule has 1 spiro atoms. The Hall–Kier alpha value is -4.10. The van der Waals surface area contributed by atoms with Gasteiger partial charge in [-0.2, -0.15) is 5.10 Å². The Kier molecular flexibility index (Phi) is 6.98. The van der Waals surface area contributed by atoms with Crippen LogP contribution in [-0.2, 0) is 16.8 Å². The zero-order valence-corrected chi connectivity index (χ0v) is 24.5. The summed E-state index contributed by atoms with van der Waals surface area (Å²) in [5.41, 5.74) is 5.64. The number of carbonyl (C=O) groups excluding carboxylic acids is 1. The summed E-state index contributed by atoms with van der Waals surface area (Å²) < 4.78 is 14.3. The topological polar surface area (TPSA) is 59.8 Å². The number of rotatable bonds is 7. The van der Waals surface area contributed by atoms with E-state index in [1.54, 1.807) is 7.11 Å². The van der Waals surface area contributed by atoms with Crippen molar-refractivity contribution in [2.45, 2.75) is 56.6 Å². The summed E-state index contributed by atoms with van der Waals surface area (Å²) in [6.07, 6.45) is 7.74. The molecular formula is C35H38N4O3. The molecule has 1 saturated heterocycles. The molecule has 7 rings (SSSR count). The second kappa shape index (κ2) is 11.0. The van der Waals surface area contributed by atoms with Crippen molar-refractivity contribution < 1.29 is 14.3 Å². The molecule has 0 bridgehead atoms. The normalized spacial score (nSPS) is 18.5. The molecule has 3 aliphatic rings. The Morgan fingerprint density at radius 2 is 1.69 bits per heavy atom. The van der Waals surface area contributed by atoms with E-state index in [4.69, 9.17) is 9.47 Å². The van der Waals surface area contributed by atoms with E-state index in [0.29, 0.717) is 6.54 Å². The molecule has 1 aromatic heterocycles. The second-order valence-electron chi connectivity index (χ2n) is 12.0. The van der Waals surface area contributed by atoms with E-state index in [2.05, 4.69) is 59.5 Å². The zero-order chi connectivity index (χ0) is 28.7. The lowest BCUT2D eigenvalue weighted by atomic mass is 9.79. The van der Waals surface area contributed by atoms with Gasteiger partial charge in [0.25, 0.3) is 0 Å². The van der Waals surface area contributed by atoms with Crippen molar-refractivity contribution in [1.29, 1.82) is 0 Å². The van der Waals surface area contributed by atoms with Crippen molar-refractivity contribution in [3.63, 3.8) is 0 Å². The minimum Gasteiger partial charge on any atom is -0.497 e. The average molecular weight is 563 g/mol. The molecule has 1 amide bonds. The van der Waals surface area contributed by atoms with Crippen LogP contribution in [0.2, 0.25) is 0 Å². The highest BCUT2D eigenvalue weighted by molar-refractivity contribution is 6.10. The van der Waals surface area contributed by atoms with Crippen LogP contribution in [-0.4, -0.2) is 53.9 Å². The first kappa shape index (κ1) is 26.8. The summed E-state index contributed by atoms with van der Waals surface area (Å²) in [4.78, 5) is 18.9. The standard InChI is InChI=1S/C35H38N4O3/c1-37-20-15-29(16-21-37)42-32-23-26(31-14-19-36-39(31)27-8-4-3-5-9-27)22-30-33(32)38(34(40)35(30)17-6-7-18-35)24-25-10-12-28(41-2)13-11-25/h3-5,8-14,19,22-23,29H,6-7,15-18,20-21,24H2,1-2H3. The first-order valence-electron chi connectivity index (χ1n) is 15.1. The number of para-hydroxylation sites is 1. The molecule has 2 aliphatic heterocycles. The van der Waals surface area contributed by atoms with Crippen molar-refractivity contribution in [3.8, 4) is 28.4 Å². The van der Waals surface area contributed by atoms with Gasteiger partial charge in [-0.25, -0.2) is 4.68 Å². The number of likely N-dealkylation sites (tertiary alicyclic amines) is 1. The lowest BCUT2D eigenvalue weighted by Gasteiger charge is -2.31. The fourth-order valence-electron chi connectivity index (χ4n) is 7.07. The Morgan fingerprint density at radius 3 is 2.40 bits per heavy atom. The number of aromatic nitrogens is 2.